The molecule has 2 saturated heterocycles. The first-order chi connectivity index (χ1) is 19.4. The van der Waals surface area contributed by atoms with Crippen LogP contribution in [0.5, 0.6) is 0 Å². The second-order valence-corrected chi connectivity index (χ2v) is 15.3. The minimum Gasteiger partial charge on any atom is -0.456 e. The normalized spacial score (nSPS) is 54.1. The quantitative estimate of drug-likeness (QED) is 0.444. The molecule has 6 aliphatic rings. The van der Waals surface area contributed by atoms with Crippen molar-refractivity contribution in [2.45, 2.75) is 115 Å². The number of aliphatic hydroxyl groups excluding tert-OH is 2. The van der Waals surface area contributed by atoms with E-state index in [1.807, 2.05) is 6.07 Å². The van der Waals surface area contributed by atoms with Gasteiger partial charge in [-0.2, -0.15) is 0 Å². The molecule has 3 N–H and O–H groups in total. The van der Waals surface area contributed by atoms with Gasteiger partial charge in [0.25, 0.3) is 0 Å². The van der Waals surface area contributed by atoms with Crippen molar-refractivity contribution in [1.82, 2.24) is 0 Å². The molecule has 41 heavy (non-hydrogen) atoms. The Hall–Kier alpha value is -1.51. The van der Waals surface area contributed by atoms with Gasteiger partial charge in [-0.05, 0) is 85.7 Å². The summed E-state index contributed by atoms with van der Waals surface area (Å²) in [6.45, 7) is 9.87. The highest BCUT2D eigenvalue weighted by molar-refractivity contribution is 5.89. The van der Waals surface area contributed by atoms with Crippen LogP contribution in [0.1, 0.15) is 89.4 Å². The zero-order valence-electron chi connectivity index (χ0n) is 25.0. The molecule has 0 radical (unpaired) electrons. The Morgan fingerprint density at radius 3 is 2.46 bits per heavy atom. The number of fused-ring (bicyclic) bond motifs is 7. The topological polar surface area (TPSA) is 105 Å². The maximum absolute atomic E-state index is 12.8. The van der Waals surface area contributed by atoms with E-state index in [4.69, 9.17) is 14.2 Å². The molecule has 7 rings (SSSR count). The SMILES string of the molecule is C[C@@H]1CC[C@]2(OC1)O[C@H]1C[C@@H]3[C@@H]4C[C@@H](O)[C@@]5(O)C[C@H](OC(=O)c6ccccc6)[C@H](O)C[C@]5(C)[C@H]4CC[C@]3(C)[C@@H]1[C@@H]2C. The Morgan fingerprint density at radius 1 is 1.00 bits per heavy atom. The van der Waals surface area contributed by atoms with Crippen molar-refractivity contribution in [2.24, 2.45) is 46.3 Å². The third kappa shape index (κ3) is 3.91. The van der Waals surface area contributed by atoms with Gasteiger partial charge in [0.05, 0.1) is 36.1 Å². The summed E-state index contributed by atoms with van der Waals surface area (Å²) in [5.41, 5.74) is -1.61. The average molecular weight is 569 g/mol. The molecule has 7 nitrogen and oxygen atoms in total. The molecule has 226 valence electrons. The van der Waals surface area contributed by atoms with Gasteiger partial charge in [0.1, 0.15) is 6.10 Å². The maximum Gasteiger partial charge on any atom is 0.338 e. The molecule has 4 aliphatic carbocycles. The molecular weight excluding hydrogens is 520 g/mol. The summed E-state index contributed by atoms with van der Waals surface area (Å²) in [7, 11) is 0. The predicted molar refractivity (Wildman–Crippen MR) is 152 cm³/mol. The lowest BCUT2D eigenvalue weighted by Gasteiger charge is -2.66. The molecular formula is C34H48O7. The lowest BCUT2D eigenvalue weighted by molar-refractivity contribution is -0.286. The van der Waals surface area contributed by atoms with Crippen LogP contribution in [0, 0.1) is 46.3 Å². The zero-order valence-corrected chi connectivity index (χ0v) is 25.0. The van der Waals surface area contributed by atoms with Crippen LogP contribution in [0.25, 0.3) is 0 Å². The molecule has 0 amide bonds. The van der Waals surface area contributed by atoms with Gasteiger partial charge in [-0.1, -0.05) is 45.9 Å². The fourth-order valence-electron chi connectivity index (χ4n) is 11.2. The predicted octanol–water partition coefficient (Wildman–Crippen LogP) is 4.72. The Kier molecular flexibility index (Phi) is 6.55. The Balaban J connectivity index is 1.12. The number of benzene rings is 1. The van der Waals surface area contributed by atoms with E-state index in [1.165, 1.54) is 0 Å². The van der Waals surface area contributed by atoms with E-state index in [1.54, 1.807) is 24.3 Å². The van der Waals surface area contributed by atoms with Crippen molar-refractivity contribution in [1.29, 1.82) is 0 Å². The summed E-state index contributed by atoms with van der Waals surface area (Å²) in [5.74, 6) is 1.16. The number of aliphatic hydroxyl groups is 3. The van der Waals surface area contributed by atoms with E-state index in [2.05, 4.69) is 27.7 Å². The zero-order chi connectivity index (χ0) is 28.9. The first-order valence-corrected chi connectivity index (χ1v) is 16.1. The fraction of sp³-hybridized carbons (Fsp3) is 0.794. The number of carbonyl (C=O) groups is 1. The number of carbonyl (C=O) groups excluding carboxylic acids is 1. The van der Waals surface area contributed by atoms with Gasteiger partial charge >= 0.3 is 5.97 Å². The average Bonchev–Trinajstić information content (AvgIpc) is 3.39. The van der Waals surface area contributed by atoms with Gasteiger partial charge in [-0.15, -0.1) is 0 Å². The van der Waals surface area contributed by atoms with E-state index in [0.29, 0.717) is 42.1 Å². The molecule has 0 bridgehead atoms. The number of esters is 1. The first-order valence-electron chi connectivity index (χ1n) is 16.1. The van der Waals surface area contributed by atoms with Crippen LogP contribution in [0.15, 0.2) is 30.3 Å². The van der Waals surface area contributed by atoms with E-state index in [0.717, 1.165) is 38.7 Å². The van der Waals surface area contributed by atoms with E-state index in [9.17, 15) is 20.1 Å². The van der Waals surface area contributed by atoms with Crippen LogP contribution in [0.2, 0.25) is 0 Å². The molecule has 1 aromatic rings. The largest absolute Gasteiger partial charge is 0.456 e. The molecule has 7 heteroatoms. The van der Waals surface area contributed by atoms with Gasteiger partial charge in [-0.3, -0.25) is 0 Å². The Morgan fingerprint density at radius 2 is 1.76 bits per heavy atom. The van der Waals surface area contributed by atoms with Gasteiger partial charge < -0.3 is 29.5 Å². The van der Waals surface area contributed by atoms with Crippen LogP contribution in [-0.4, -0.2) is 63.7 Å². The second-order valence-electron chi connectivity index (χ2n) is 15.3. The number of hydrogen-bond donors (Lipinski definition) is 3. The first kappa shape index (κ1) is 28.3. The summed E-state index contributed by atoms with van der Waals surface area (Å²) in [6, 6.07) is 8.73. The Bertz CT molecular complexity index is 1160. The highest BCUT2D eigenvalue weighted by atomic mass is 16.7. The van der Waals surface area contributed by atoms with Gasteiger partial charge in [0.15, 0.2) is 5.79 Å². The molecule has 0 aromatic heterocycles. The maximum atomic E-state index is 12.8. The van der Waals surface area contributed by atoms with Crippen LogP contribution >= 0.6 is 0 Å². The Labute approximate surface area is 243 Å². The molecule has 1 aromatic carbocycles. The van der Waals surface area contributed by atoms with Crippen molar-refractivity contribution in [3.8, 4) is 0 Å². The lowest BCUT2D eigenvalue weighted by atomic mass is 9.42. The minimum absolute atomic E-state index is 0.0409. The van der Waals surface area contributed by atoms with Crippen molar-refractivity contribution >= 4 is 5.97 Å². The summed E-state index contributed by atoms with van der Waals surface area (Å²) in [5, 5.41) is 35.2. The molecule has 2 heterocycles. The van der Waals surface area contributed by atoms with E-state index < -0.39 is 41.1 Å². The molecule has 6 fully saturated rings. The number of hydrogen-bond acceptors (Lipinski definition) is 7. The van der Waals surface area contributed by atoms with Gasteiger partial charge in [0, 0.05) is 24.2 Å². The molecule has 14 atom stereocenters. The highest BCUT2D eigenvalue weighted by Gasteiger charge is 2.72. The van der Waals surface area contributed by atoms with Crippen LogP contribution in [0.3, 0.4) is 0 Å². The number of rotatable bonds is 2. The molecule has 1 spiro atoms. The van der Waals surface area contributed by atoms with Crippen LogP contribution in [-0.2, 0) is 14.2 Å². The monoisotopic (exact) mass is 568 g/mol. The van der Waals surface area contributed by atoms with Gasteiger partial charge in [-0.25, -0.2) is 4.79 Å². The fourth-order valence-corrected chi connectivity index (χ4v) is 11.2. The van der Waals surface area contributed by atoms with Crippen molar-refractivity contribution < 1.29 is 34.3 Å². The smallest absolute Gasteiger partial charge is 0.338 e. The van der Waals surface area contributed by atoms with E-state index >= 15 is 0 Å². The minimum atomic E-state index is -1.43. The number of ether oxygens (including phenoxy) is 3. The van der Waals surface area contributed by atoms with Crippen molar-refractivity contribution in [3.63, 3.8) is 0 Å². The van der Waals surface area contributed by atoms with E-state index in [-0.39, 0.29) is 29.8 Å². The van der Waals surface area contributed by atoms with Crippen molar-refractivity contribution in [2.75, 3.05) is 6.61 Å². The summed E-state index contributed by atoms with van der Waals surface area (Å²) < 4.78 is 19.1. The van der Waals surface area contributed by atoms with Crippen LogP contribution in [0.4, 0.5) is 0 Å². The van der Waals surface area contributed by atoms with Crippen LogP contribution < -0.4 is 0 Å². The second kappa shape index (κ2) is 9.49. The molecule has 0 unspecified atom stereocenters. The third-order valence-electron chi connectivity index (χ3n) is 13.4. The van der Waals surface area contributed by atoms with Gasteiger partial charge in [0.2, 0.25) is 0 Å². The summed E-state index contributed by atoms with van der Waals surface area (Å²) >= 11 is 0. The highest BCUT2D eigenvalue weighted by Crippen LogP contribution is 2.72. The lowest BCUT2D eigenvalue weighted by Crippen LogP contribution is -2.71. The van der Waals surface area contributed by atoms with Crippen molar-refractivity contribution in [3.05, 3.63) is 35.9 Å². The summed E-state index contributed by atoms with van der Waals surface area (Å²) in [4.78, 5) is 12.8. The summed E-state index contributed by atoms with van der Waals surface area (Å²) in [6.07, 6.45) is 3.38. The molecule has 4 saturated carbocycles. The third-order valence-corrected chi connectivity index (χ3v) is 13.4. The molecule has 2 aliphatic heterocycles. The standard InChI is InChI=1S/C34H48O7/c1-19-10-13-34(39-18-19)20(2)29-26(41-34)15-24-22-14-28(36)33(38)17-27(40-30(37)21-8-6-5-7-9-21)25(35)16-32(33,4)23(22)11-12-31(24,29)3/h5-9,19-20,22-29,35-36,38H,10-18H2,1-4H3/t19-,20+,22-,23+,24-,25-,26+,27+,28-,29-,31+,32-,33+,34+/m1/s1.